The van der Waals surface area contributed by atoms with Gasteiger partial charge in [0, 0.05) is 18.0 Å². The SMILES string of the molecule is CC(Sc1nc2sc3c(c2c(=O)[nH]1)CCN(C)C3)C(=O)O. The smallest absolute Gasteiger partial charge is 0.316 e. The Labute approximate surface area is 129 Å². The average molecular weight is 325 g/mol. The number of carboxylic acids is 1. The first-order chi connectivity index (χ1) is 9.95. The number of carbonyl (C=O) groups is 1. The van der Waals surface area contributed by atoms with Crippen LogP contribution in [0.3, 0.4) is 0 Å². The highest BCUT2D eigenvalue weighted by Crippen LogP contribution is 2.33. The highest BCUT2D eigenvalue weighted by molar-refractivity contribution is 8.00. The predicted molar refractivity (Wildman–Crippen MR) is 83.2 cm³/mol. The van der Waals surface area contributed by atoms with E-state index in [0.717, 1.165) is 36.8 Å². The van der Waals surface area contributed by atoms with E-state index in [-0.39, 0.29) is 5.56 Å². The van der Waals surface area contributed by atoms with Crippen molar-refractivity contribution in [1.82, 2.24) is 14.9 Å². The summed E-state index contributed by atoms with van der Waals surface area (Å²) in [6.45, 7) is 3.35. The number of hydrogen-bond acceptors (Lipinski definition) is 6. The number of aromatic amines is 1. The van der Waals surface area contributed by atoms with Crippen molar-refractivity contribution < 1.29 is 9.90 Å². The molecule has 112 valence electrons. The number of H-pyrrole nitrogens is 1. The van der Waals surface area contributed by atoms with E-state index in [1.165, 1.54) is 16.2 Å². The van der Waals surface area contributed by atoms with Gasteiger partial charge >= 0.3 is 5.97 Å². The molecule has 0 aliphatic carbocycles. The van der Waals surface area contributed by atoms with Gasteiger partial charge in [0.1, 0.15) is 10.1 Å². The Kier molecular flexibility index (Phi) is 3.76. The molecule has 3 rings (SSSR count). The largest absolute Gasteiger partial charge is 0.480 e. The van der Waals surface area contributed by atoms with Crippen molar-refractivity contribution in [2.45, 2.75) is 30.3 Å². The Hall–Kier alpha value is -1.38. The van der Waals surface area contributed by atoms with Gasteiger partial charge in [-0.25, -0.2) is 4.98 Å². The molecule has 0 amide bonds. The van der Waals surface area contributed by atoms with Crippen molar-refractivity contribution >= 4 is 39.3 Å². The van der Waals surface area contributed by atoms with Crippen LogP contribution in [0.1, 0.15) is 17.4 Å². The summed E-state index contributed by atoms with van der Waals surface area (Å²) in [5, 5.41) is 9.34. The van der Waals surface area contributed by atoms with Crippen molar-refractivity contribution in [1.29, 1.82) is 0 Å². The summed E-state index contributed by atoms with van der Waals surface area (Å²) in [5.74, 6) is -0.921. The first-order valence-electron chi connectivity index (χ1n) is 6.58. The maximum Gasteiger partial charge on any atom is 0.316 e. The maximum absolute atomic E-state index is 12.3. The fraction of sp³-hybridized carbons (Fsp3) is 0.462. The van der Waals surface area contributed by atoms with Crippen LogP contribution < -0.4 is 5.56 Å². The molecule has 2 aromatic heterocycles. The monoisotopic (exact) mass is 325 g/mol. The fourth-order valence-electron chi connectivity index (χ4n) is 2.38. The Bertz CT molecular complexity index is 768. The number of hydrogen-bond donors (Lipinski definition) is 2. The zero-order valence-electron chi connectivity index (χ0n) is 11.7. The van der Waals surface area contributed by atoms with Gasteiger partial charge in [0.2, 0.25) is 0 Å². The van der Waals surface area contributed by atoms with Crippen molar-refractivity contribution in [2.24, 2.45) is 0 Å². The summed E-state index contributed by atoms with van der Waals surface area (Å²) >= 11 is 2.59. The number of aromatic nitrogens is 2. The van der Waals surface area contributed by atoms with E-state index in [1.807, 2.05) is 0 Å². The van der Waals surface area contributed by atoms with Gasteiger partial charge in [-0.3, -0.25) is 9.59 Å². The van der Waals surface area contributed by atoms with Crippen LogP contribution in [0.25, 0.3) is 10.2 Å². The summed E-state index contributed by atoms with van der Waals surface area (Å²) in [5.41, 5.74) is 0.937. The molecule has 6 nitrogen and oxygen atoms in total. The summed E-state index contributed by atoms with van der Waals surface area (Å²) in [6.07, 6.45) is 0.856. The average Bonchev–Trinajstić information content (AvgIpc) is 2.75. The minimum Gasteiger partial charge on any atom is -0.480 e. The molecular formula is C13H15N3O3S2. The molecule has 0 saturated carbocycles. The second-order valence-electron chi connectivity index (χ2n) is 5.14. The highest BCUT2D eigenvalue weighted by Gasteiger charge is 2.23. The topological polar surface area (TPSA) is 86.3 Å². The number of nitrogens with one attached hydrogen (secondary N) is 1. The van der Waals surface area contributed by atoms with E-state index < -0.39 is 11.2 Å². The van der Waals surface area contributed by atoms with Gasteiger partial charge in [-0.1, -0.05) is 11.8 Å². The van der Waals surface area contributed by atoms with Crippen molar-refractivity contribution in [3.05, 3.63) is 20.8 Å². The molecule has 0 bridgehead atoms. The number of carboxylic acid groups (broad SMARTS) is 1. The van der Waals surface area contributed by atoms with Crippen LogP contribution in [-0.4, -0.2) is 44.8 Å². The summed E-state index contributed by atoms with van der Waals surface area (Å²) in [4.78, 5) is 34.5. The zero-order chi connectivity index (χ0) is 15.1. The molecule has 0 aromatic carbocycles. The number of fused-ring (bicyclic) bond motifs is 3. The lowest BCUT2D eigenvalue weighted by Crippen LogP contribution is -2.26. The highest BCUT2D eigenvalue weighted by atomic mass is 32.2. The van der Waals surface area contributed by atoms with Crippen molar-refractivity contribution in [3.63, 3.8) is 0 Å². The quantitative estimate of drug-likeness (QED) is 0.657. The first-order valence-corrected chi connectivity index (χ1v) is 8.28. The van der Waals surface area contributed by atoms with E-state index in [1.54, 1.807) is 6.92 Å². The van der Waals surface area contributed by atoms with Crippen LogP contribution in [-0.2, 0) is 17.8 Å². The minimum atomic E-state index is -0.921. The summed E-state index contributed by atoms with van der Waals surface area (Å²) < 4.78 is 0. The number of nitrogens with zero attached hydrogens (tertiary/aromatic N) is 2. The lowest BCUT2D eigenvalue weighted by molar-refractivity contribution is -0.136. The van der Waals surface area contributed by atoms with E-state index >= 15 is 0 Å². The Morgan fingerprint density at radius 2 is 2.33 bits per heavy atom. The molecule has 21 heavy (non-hydrogen) atoms. The van der Waals surface area contributed by atoms with Crippen LogP contribution in [0.2, 0.25) is 0 Å². The molecule has 0 saturated heterocycles. The summed E-state index contributed by atoms with van der Waals surface area (Å²) in [6, 6.07) is 0. The molecule has 1 aliphatic heterocycles. The molecule has 8 heteroatoms. The molecule has 1 aliphatic rings. The van der Waals surface area contributed by atoms with E-state index in [0.29, 0.717) is 15.4 Å². The number of aliphatic carboxylic acids is 1. The van der Waals surface area contributed by atoms with Gasteiger partial charge < -0.3 is 15.0 Å². The Morgan fingerprint density at radius 1 is 1.57 bits per heavy atom. The Morgan fingerprint density at radius 3 is 3.05 bits per heavy atom. The predicted octanol–water partition coefficient (Wildman–Crippen LogP) is 1.54. The molecule has 3 heterocycles. The van der Waals surface area contributed by atoms with Crippen LogP contribution in [0.4, 0.5) is 0 Å². The number of rotatable bonds is 3. The number of thioether (sulfide) groups is 1. The van der Waals surface area contributed by atoms with E-state index in [4.69, 9.17) is 5.11 Å². The fourth-order valence-corrected chi connectivity index (χ4v) is 4.47. The van der Waals surface area contributed by atoms with Crippen molar-refractivity contribution in [3.8, 4) is 0 Å². The molecule has 0 radical (unpaired) electrons. The van der Waals surface area contributed by atoms with E-state index in [2.05, 4.69) is 21.9 Å². The molecule has 0 fully saturated rings. The molecule has 2 aromatic rings. The zero-order valence-corrected chi connectivity index (χ0v) is 13.3. The van der Waals surface area contributed by atoms with Crippen LogP contribution >= 0.6 is 23.1 Å². The van der Waals surface area contributed by atoms with Gasteiger partial charge in [0.25, 0.3) is 5.56 Å². The molecule has 1 unspecified atom stereocenters. The van der Waals surface area contributed by atoms with Gasteiger partial charge in [-0.05, 0) is 26.0 Å². The lowest BCUT2D eigenvalue weighted by Gasteiger charge is -2.21. The second kappa shape index (κ2) is 5.43. The van der Waals surface area contributed by atoms with Crippen LogP contribution in [0, 0.1) is 0 Å². The van der Waals surface area contributed by atoms with Crippen molar-refractivity contribution in [2.75, 3.05) is 13.6 Å². The van der Waals surface area contributed by atoms with Gasteiger partial charge in [-0.2, -0.15) is 0 Å². The van der Waals surface area contributed by atoms with Gasteiger partial charge in [0.05, 0.1) is 5.39 Å². The van der Waals surface area contributed by atoms with Gasteiger partial charge in [-0.15, -0.1) is 11.3 Å². The Balaban J connectivity index is 2.05. The first kappa shape index (κ1) is 14.6. The van der Waals surface area contributed by atoms with E-state index in [9.17, 15) is 9.59 Å². The third kappa shape index (κ3) is 2.70. The maximum atomic E-state index is 12.3. The van der Waals surface area contributed by atoms with Crippen LogP contribution in [0.15, 0.2) is 9.95 Å². The van der Waals surface area contributed by atoms with Crippen LogP contribution in [0.5, 0.6) is 0 Å². The standard InChI is InChI=1S/C13H15N3O3S2/c1-6(12(18)19)20-13-14-10(17)9-7-3-4-16(2)5-8(7)21-11(9)15-13/h6H,3-5H2,1-2H3,(H,18,19)(H,14,15,17). The molecule has 1 atom stereocenters. The van der Waals surface area contributed by atoms with Gasteiger partial charge in [0.15, 0.2) is 5.16 Å². The number of likely N-dealkylation sites (N-methyl/N-ethyl adjacent to an activating group) is 1. The molecule has 0 spiro atoms. The summed E-state index contributed by atoms with van der Waals surface area (Å²) in [7, 11) is 2.06. The lowest BCUT2D eigenvalue weighted by atomic mass is 10.1. The molecule has 2 N–H and O–H groups in total. The molecular weight excluding hydrogens is 310 g/mol. The third-order valence-corrected chi connectivity index (χ3v) is 5.60. The minimum absolute atomic E-state index is 0.165. The number of thiophene rings is 1. The third-order valence-electron chi connectivity index (χ3n) is 3.52. The second-order valence-corrected chi connectivity index (χ2v) is 7.55. The normalized spacial score (nSPS) is 16.9.